The molecule has 1 unspecified atom stereocenters. The van der Waals surface area contributed by atoms with Crippen LogP contribution in [0.1, 0.15) is 18.0 Å². The number of nitrogens with zero attached hydrogens (tertiary/aromatic N) is 1. The first-order valence-electron chi connectivity index (χ1n) is 7.31. The van der Waals surface area contributed by atoms with E-state index in [0.717, 1.165) is 11.3 Å². The topological polar surface area (TPSA) is 38.8 Å². The van der Waals surface area contributed by atoms with Crippen molar-refractivity contribution in [2.24, 2.45) is 0 Å². The zero-order valence-electron chi connectivity index (χ0n) is 12.5. The van der Waals surface area contributed by atoms with Gasteiger partial charge in [-0.2, -0.15) is 0 Å². The fourth-order valence-corrected chi connectivity index (χ4v) is 3.30. The molecule has 5 heteroatoms. The van der Waals surface area contributed by atoms with Gasteiger partial charge >= 0.3 is 0 Å². The van der Waals surface area contributed by atoms with Gasteiger partial charge in [0.15, 0.2) is 11.5 Å². The summed E-state index contributed by atoms with van der Waals surface area (Å²) in [5, 5.41) is 0.620. The van der Waals surface area contributed by atoms with Crippen LogP contribution in [-0.2, 0) is 4.79 Å². The van der Waals surface area contributed by atoms with Crippen molar-refractivity contribution in [2.45, 2.75) is 12.5 Å². The SMILES string of the molecule is COc1cccc2c1C1CC(=O)C=CN1c1cc(Cl)ccc1O2. The second-order valence-electron chi connectivity index (χ2n) is 5.50. The Bertz CT molecular complexity index is 831. The molecule has 1 atom stereocenters. The van der Waals surface area contributed by atoms with Crippen LogP contribution in [-0.4, -0.2) is 12.9 Å². The van der Waals surface area contributed by atoms with Gasteiger partial charge in [0.05, 0.1) is 24.4 Å². The first-order valence-corrected chi connectivity index (χ1v) is 7.69. The highest BCUT2D eigenvalue weighted by Crippen LogP contribution is 2.50. The van der Waals surface area contributed by atoms with Crippen molar-refractivity contribution in [2.75, 3.05) is 12.0 Å². The number of ether oxygens (including phenoxy) is 2. The number of hydrogen-bond acceptors (Lipinski definition) is 4. The highest BCUT2D eigenvalue weighted by Gasteiger charge is 2.34. The summed E-state index contributed by atoms with van der Waals surface area (Å²) in [5.41, 5.74) is 1.71. The Morgan fingerprint density at radius 3 is 2.96 bits per heavy atom. The molecule has 2 aromatic rings. The molecule has 2 heterocycles. The number of fused-ring (bicyclic) bond motifs is 5. The van der Waals surface area contributed by atoms with Gasteiger partial charge in [-0.05, 0) is 36.4 Å². The maximum atomic E-state index is 12.0. The molecule has 116 valence electrons. The quantitative estimate of drug-likeness (QED) is 0.773. The zero-order chi connectivity index (χ0) is 16.0. The normalized spacial score (nSPS) is 18.4. The number of halogens is 1. The number of allylic oxidation sites excluding steroid dienone is 1. The van der Waals surface area contributed by atoms with Crippen molar-refractivity contribution in [3.8, 4) is 17.2 Å². The molecule has 4 rings (SSSR count). The van der Waals surface area contributed by atoms with Gasteiger partial charge in [0.25, 0.3) is 0 Å². The van der Waals surface area contributed by atoms with Gasteiger partial charge in [-0.1, -0.05) is 17.7 Å². The van der Waals surface area contributed by atoms with E-state index in [9.17, 15) is 4.79 Å². The lowest BCUT2D eigenvalue weighted by Gasteiger charge is -2.32. The maximum absolute atomic E-state index is 12.0. The number of benzene rings is 2. The van der Waals surface area contributed by atoms with Gasteiger partial charge in [0, 0.05) is 17.6 Å². The summed E-state index contributed by atoms with van der Waals surface area (Å²) in [4.78, 5) is 14.0. The Morgan fingerprint density at radius 1 is 1.26 bits per heavy atom. The Kier molecular flexibility index (Phi) is 3.27. The second kappa shape index (κ2) is 5.32. The number of hydrogen-bond donors (Lipinski definition) is 0. The molecule has 0 bridgehead atoms. The highest BCUT2D eigenvalue weighted by molar-refractivity contribution is 6.31. The molecule has 0 amide bonds. The summed E-state index contributed by atoms with van der Waals surface area (Å²) >= 11 is 6.16. The average molecular weight is 328 g/mol. The Hall–Kier alpha value is -2.46. The van der Waals surface area contributed by atoms with Gasteiger partial charge in [0.1, 0.15) is 11.5 Å². The monoisotopic (exact) mass is 327 g/mol. The molecule has 2 aliphatic rings. The summed E-state index contributed by atoms with van der Waals surface area (Å²) in [6, 6.07) is 11.0. The van der Waals surface area contributed by atoms with Gasteiger partial charge in [0.2, 0.25) is 0 Å². The third kappa shape index (κ3) is 2.26. The number of methoxy groups -OCH3 is 1. The van der Waals surface area contributed by atoms with Crippen molar-refractivity contribution in [3.63, 3.8) is 0 Å². The summed E-state index contributed by atoms with van der Waals surface area (Å²) in [5.74, 6) is 2.18. The highest BCUT2D eigenvalue weighted by atomic mass is 35.5. The van der Waals surface area contributed by atoms with Crippen molar-refractivity contribution in [1.29, 1.82) is 0 Å². The van der Waals surface area contributed by atoms with Crippen LogP contribution in [0.3, 0.4) is 0 Å². The van der Waals surface area contributed by atoms with Crippen LogP contribution in [0.5, 0.6) is 17.2 Å². The molecular weight excluding hydrogens is 314 g/mol. The molecule has 0 aromatic heterocycles. The van der Waals surface area contributed by atoms with Crippen LogP contribution in [0.15, 0.2) is 48.7 Å². The number of carbonyl (C=O) groups is 1. The molecule has 0 saturated carbocycles. The molecule has 0 aliphatic carbocycles. The summed E-state index contributed by atoms with van der Waals surface area (Å²) in [6.45, 7) is 0. The van der Waals surface area contributed by atoms with E-state index in [2.05, 4.69) is 0 Å². The predicted molar refractivity (Wildman–Crippen MR) is 88.5 cm³/mol. The summed E-state index contributed by atoms with van der Waals surface area (Å²) < 4.78 is 11.6. The molecule has 23 heavy (non-hydrogen) atoms. The average Bonchev–Trinajstić information content (AvgIpc) is 2.69. The second-order valence-corrected chi connectivity index (χ2v) is 5.93. The van der Waals surface area contributed by atoms with Gasteiger partial charge < -0.3 is 14.4 Å². The van der Waals surface area contributed by atoms with Gasteiger partial charge in [-0.3, -0.25) is 4.79 Å². The minimum absolute atomic E-state index is 0.0774. The van der Waals surface area contributed by atoms with E-state index in [1.165, 1.54) is 0 Å². The molecule has 0 N–H and O–H groups in total. The molecule has 2 aromatic carbocycles. The minimum atomic E-state index is -0.182. The van der Waals surface area contributed by atoms with E-state index < -0.39 is 0 Å². The first-order chi connectivity index (χ1) is 11.2. The van der Waals surface area contributed by atoms with Crippen LogP contribution >= 0.6 is 11.6 Å². The van der Waals surface area contributed by atoms with Crippen LogP contribution < -0.4 is 14.4 Å². The number of anilines is 1. The summed E-state index contributed by atoms with van der Waals surface area (Å²) in [6.07, 6.45) is 3.73. The predicted octanol–water partition coefficient (Wildman–Crippen LogP) is 4.49. The number of rotatable bonds is 1. The molecule has 0 fully saturated rings. The van der Waals surface area contributed by atoms with Crippen LogP contribution in [0.25, 0.3) is 0 Å². The van der Waals surface area contributed by atoms with Crippen molar-refractivity contribution in [1.82, 2.24) is 0 Å². The molecule has 4 nitrogen and oxygen atoms in total. The van der Waals surface area contributed by atoms with Crippen molar-refractivity contribution < 1.29 is 14.3 Å². The van der Waals surface area contributed by atoms with E-state index in [-0.39, 0.29) is 11.8 Å². The van der Waals surface area contributed by atoms with E-state index in [1.807, 2.05) is 35.2 Å². The molecule has 0 saturated heterocycles. The van der Waals surface area contributed by atoms with Crippen molar-refractivity contribution >= 4 is 23.1 Å². The van der Waals surface area contributed by atoms with E-state index in [1.54, 1.807) is 25.5 Å². The van der Waals surface area contributed by atoms with E-state index in [0.29, 0.717) is 28.7 Å². The van der Waals surface area contributed by atoms with Gasteiger partial charge in [-0.15, -0.1) is 0 Å². The van der Waals surface area contributed by atoms with Crippen molar-refractivity contribution in [3.05, 3.63) is 59.3 Å². The maximum Gasteiger partial charge on any atom is 0.159 e. The Balaban J connectivity index is 1.99. The molecular formula is C18H14ClNO3. The van der Waals surface area contributed by atoms with Gasteiger partial charge in [-0.25, -0.2) is 0 Å². The largest absolute Gasteiger partial charge is 0.496 e. The molecule has 0 spiro atoms. The fourth-order valence-electron chi connectivity index (χ4n) is 3.13. The van der Waals surface area contributed by atoms with E-state index in [4.69, 9.17) is 21.1 Å². The summed E-state index contributed by atoms with van der Waals surface area (Å²) in [7, 11) is 1.62. The van der Waals surface area contributed by atoms with Crippen LogP contribution in [0, 0.1) is 0 Å². The lowest BCUT2D eigenvalue weighted by Crippen LogP contribution is -2.28. The van der Waals surface area contributed by atoms with Crippen LogP contribution in [0.4, 0.5) is 5.69 Å². The number of carbonyl (C=O) groups excluding carboxylic acids is 1. The lowest BCUT2D eigenvalue weighted by atomic mass is 9.95. The number of ketones is 1. The third-order valence-electron chi connectivity index (χ3n) is 4.15. The standard InChI is InChI=1S/C18H14ClNO3/c1-22-16-3-2-4-17-18(16)14-10-12(21)7-8-20(14)13-9-11(19)5-6-15(13)23-17/h2-9,14H,10H2,1H3. The first kappa shape index (κ1) is 14.2. The fraction of sp³-hybridized carbons (Fsp3) is 0.167. The zero-order valence-corrected chi connectivity index (χ0v) is 13.2. The van der Waals surface area contributed by atoms with Crippen LogP contribution in [0.2, 0.25) is 5.02 Å². The lowest BCUT2D eigenvalue weighted by molar-refractivity contribution is -0.115. The molecule has 2 aliphatic heterocycles. The Labute approximate surface area is 138 Å². The van der Waals surface area contributed by atoms with E-state index >= 15 is 0 Å². The smallest absolute Gasteiger partial charge is 0.159 e. The molecule has 0 radical (unpaired) electrons. The third-order valence-corrected chi connectivity index (χ3v) is 4.38. The Morgan fingerprint density at radius 2 is 2.13 bits per heavy atom. The minimum Gasteiger partial charge on any atom is -0.496 e.